The van der Waals surface area contributed by atoms with E-state index in [4.69, 9.17) is 0 Å². The van der Waals surface area contributed by atoms with Gasteiger partial charge in [0.2, 0.25) is 0 Å². The standard InChI is InChI=1S/C16H31NO/c1-3-13-7-8-16(18)15(10-13)12-17-9-5-6-14(4-2)11-17/h13-16,18H,3-12H2,1-2H3. The first-order valence-corrected chi connectivity index (χ1v) is 8.13. The molecule has 0 spiro atoms. The molecule has 2 fully saturated rings. The van der Waals surface area contributed by atoms with E-state index in [0.29, 0.717) is 5.92 Å². The van der Waals surface area contributed by atoms with E-state index < -0.39 is 0 Å². The monoisotopic (exact) mass is 253 g/mol. The zero-order valence-corrected chi connectivity index (χ0v) is 12.3. The van der Waals surface area contributed by atoms with Gasteiger partial charge in [-0.2, -0.15) is 0 Å². The van der Waals surface area contributed by atoms with Crippen LogP contribution in [0, 0.1) is 17.8 Å². The Balaban J connectivity index is 1.83. The molecule has 0 aromatic rings. The van der Waals surface area contributed by atoms with Crippen molar-refractivity contribution < 1.29 is 5.11 Å². The number of likely N-dealkylation sites (tertiary alicyclic amines) is 1. The van der Waals surface area contributed by atoms with E-state index in [2.05, 4.69) is 18.7 Å². The topological polar surface area (TPSA) is 23.5 Å². The molecule has 2 aliphatic rings. The number of nitrogens with zero attached hydrogens (tertiary/aromatic N) is 1. The van der Waals surface area contributed by atoms with E-state index in [9.17, 15) is 5.11 Å². The molecule has 1 aliphatic heterocycles. The van der Waals surface area contributed by atoms with Crippen LogP contribution in [-0.4, -0.2) is 35.7 Å². The van der Waals surface area contributed by atoms with Gasteiger partial charge in [0, 0.05) is 13.1 Å². The quantitative estimate of drug-likeness (QED) is 0.831. The molecular weight excluding hydrogens is 222 g/mol. The van der Waals surface area contributed by atoms with Crippen molar-refractivity contribution in [2.75, 3.05) is 19.6 Å². The largest absolute Gasteiger partial charge is 0.393 e. The Morgan fingerprint density at radius 3 is 2.56 bits per heavy atom. The Labute approximate surface area is 113 Å². The first-order valence-electron chi connectivity index (χ1n) is 8.13. The third kappa shape index (κ3) is 3.71. The molecule has 1 saturated heterocycles. The summed E-state index contributed by atoms with van der Waals surface area (Å²) in [7, 11) is 0. The zero-order chi connectivity index (χ0) is 13.0. The first-order chi connectivity index (χ1) is 8.72. The van der Waals surface area contributed by atoms with E-state index in [-0.39, 0.29) is 6.10 Å². The highest BCUT2D eigenvalue weighted by Gasteiger charge is 2.30. The van der Waals surface area contributed by atoms with Crippen LogP contribution < -0.4 is 0 Å². The minimum atomic E-state index is -0.0326. The molecule has 18 heavy (non-hydrogen) atoms. The molecular formula is C16H31NO. The molecule has 2 heteroatoms. The lowest BCUT2D eigenvalue weighted by Crippen LogP contribution is -2.43. The van der Waals surface area contributed by atoms with E-state index in [1.54, 1.807) is 0 Å². The summed E-state index contributed by atoms with van der Waals surface area (Å²) in [4.78, 5) is 2.63. The Bertz CT molecular complexity index is 243. The Morgan fingerprint density at radius 1 is 1.06 bits per heavy atom. The highest BCUT2D eigenvalue weighted by atomic mass is 16.3. The van der Waals surface area contributed by atoms with Crippen molar-refractivity contribution in [1.29, 1.82) is 0 Å². The van der Waals surface area contributed by atoms with E-state index in [1.807, 2.05) is 0 Å². The molecule has 1 N–H and O–H groups in total. The molecule has 4 atom stereocenters. The molecule has 0 radical (unpaired) electrons. The summed E-state index contributed by atoms with van der Waals surface area (Å²) in [5.74, 6) is 2.31. The van der Waals surface area contributed by atoms with Crippen molar-refractivity contribution >= 4 is 0 Å². The summed E-state index contributed by atoms with van der Waals surface area (Å²) in [5.41, 5.74) is 0. The summed E-state index contributed by atoms with van der Waals surface area (Å²) in [6, 6.07) is 0. The van der Waals surface area contributed by atoms with Gasteiger partial charge in [-0.25, -0.2) is 0 Å². The maximum Gasteiger partial charge on any atom is 0.0580 e. The zero-order valence-electron chi connectivity index (χ0n) is 12.3. The van der Waals surface area contributed by atoms with Gasteiger partial charge in [0.15, 0.2) is 0 Å². The third-order valence-corrected chi connectivity index (χ3v) is 5.30. The molecule has 1 heterocycles. The van der Waals surface area contributed by atoms with Crippen LogP contribution in [0.1, 0.15) is 58.8 Å². The van der Waals surface area contributed by atoms with Crippen LogP contribution >= 0.6 is 0 Å². The second-order valence-corrected chi connectivity index (χ2v) is 6.59. The summed E-state index contributed by atoms with van der Waals surface area (Å²) < 4.78 is 0. The lowest BCUT2D eigenvalue weighted by Gasteiger charge is -2.39. The fraction of sp³-hybridized carbons (Fsp3) is 1.00. The van der Waals surface area contributed by atoms with Crippen LogP contribution in [0.3, 0.4) is 0 Å². The average molecular weight is 253 g/mol. The van der Waals surface area contributed by atoms with Crippen LogP contribution in [0.25, 0.3) is 0 Å². The van der Waals surface area contributed by atoms with Gasteiger partial charge in [-0.3, -0.25) is 0 Å². The smallest absolute Gasteiger partial charge is 0.0580 e. The minimum absolute atomic E-state index is 0.0326. The van der Waals surface area contributed by atoms with Gasteiger partial charge in [-0.1, -0.05) is 26.7 Å². The highest BCUT2D eigenvalue weighted by Crippen LogP contribution is 2.32. The molecule has 1 saturated carbocycles. The molecule has 2 rings (SSSR count). The lowest BCUT2D eigenvalue weighted by atomic mass is 9.78. The van der Waals surface area contributed by atoms with Gasteiger partial charge in [-0.15, -0.1) is 0 Å². The molecule has 4 unspecified atom stereocenters. The summed E-state index contributed by atoms with van der Waals surface area (Å²) >= 11 is 0. The number of piperidine rings is 1. The first kappa shape index (κ1) is 14.3. The predicted octanol–water partition coefficient (Wildman–Crippen LogP) is 3.30. The molecule has 0 aromatic heterocycles. The molecule has 0 bridgehead atoms. The van der Waals surface area contributed by atoms with Crippen molar-refractivity contribution in [3.8, 4) is 0 Å². The van der Waals surface area contributed by atoms with Gasteiger partial charge in [-0.05, 0) is 56.4 Å². The Morgan fingerprint density at radius 2 is 1.83 bits per heavy atom. The molecule has 1 aliphatic carbocycles. The maximum absolute atomic E-state index is 10.2. The van der Waals surface area contributed by atoms with Gasteiger partial charge >= 0.3 is 0 Å². The van der Waals surface area contributed by atoms with Crippen molar-refractivity contribution in [3.05, 3.63) is 0 Å². The van der Waals surface area contributed by atoms with E-state index in [1.165, 1.54) is 51.6 Å². The van der Waals surface area contributed by atoms with Crippen LogP contribution in [0.4, 0.5) is 0 Å². The fourth-order valence-corrected chi connectivity index (χ4v) is 3.89. The minimum Gasteiger partial charge on any atom is -0.393 e. The van der Waals surface area contributed by atoms with E-state index in [0.717, 1.165) is 24.8 Å². The van der Waals surface area contributed by atoms with Crippen molar-refractivity contribution in [2.45, 2.75) is 64.9 Å². The fourth-order valence-electron chi connectivity index (χ4n) is 3.89. The highest BCUT2D eigenvalue weighted by molar-refractivity contribution is 4.83. The molecule has 0 amide bonds. The SMILES string of the molecule is CCC1CCC(O)C(CN2CCCC(CC)C2)C1. The van der Waals surface area contributed by atoms with Gasteiger partial charge in [0.25, 0.3) is 0 Å². The van der Waals surface area contributed by atoms with Gasteiger partial charge in [0.1, 0.15) is 0 Å². The molecule has 2 nitrogen and oxygen atoms in total. The summed E-state index contributed by atoms with van der Waals surface area (Å²) in [6.45, 7) is 8.30. The van der Waals surface area contributed by atoms with Crippen molar-refractivity contribution in [1.82, 2.24) is 4.90 Å². The number of aliphatic hydroxyl groups excluding tert-OH is 1. The van der Waals surface area contributed by atoms with Gasteiger partial charge < -0.3 is 10.0 Å². The lowest BCUT2D eigenvalue weighted by molar-refractivity contribution is 0.0183. The molecule has 106 valence electrons. The van der Waals surface area contributed by atoms with Crippen LogP contribution in [0.15, 0.2) is 0 Å². The van der Waals surface area contributed by atoms with Crippen molar-refractivity contribution in [3.63, 3.8) is 0 Å². The predicted molar refractivity (Wildman–Crippen MR) is 76.6 cm³/mol. The number of hydrogen-bond acceptors (Lipinski definition) is 2. The summed E-state index contributed by atoms with van der Waals surface area (Å²) in [5, 5.41) is 10.2. The van der Waals surface area contributed by atoms with Gasteiger partial charge in [0.05, 0.1) is 6.10 Å². The molecule has 0 aromatic carbocycles. The van der Waals surface area contributed by atoms with Crippen LogP contribution in [-0.2, 0) is 0 Å². The number of aliphatic hydroxyl groups is 1. The maximum atomic E-state index is 10.2. The number of rotatable bonds is 4. The third-order valence-electron chi connectivity index (χ3n) is 5.30. The van der Waals surface area contributed by atoms with Crippen molar-refractivity contribution in [2.24, 2.45) is 17.8 Å². The van der Waals surface area contributed by atoms with E-state index >= 15 is 0 Å². The van der Waals surface area contributed by atoms with Crippen LogP contribution in [0.2, 0.25) is 0 Å². The second-order valence-electron chi connectivity index (χ2n) is 6.59. The summed E-state index contributed by atoms with van der Waals surface area (Å²) in [6.07, 6.45) is 8.89. The Hall–Kier alpha value is -0.0800. The Kier molecular flexibility index (Phi) is 5.50. The second kappa shape index (κ2) is 6.91. The van der Waals surface area contributed by atoms with Crippen LogP contribution in [0.5, 0.6) is 0 Å². The normalized spacial score (nSPS) is 38.8. The number of hydrogen-bond donors (Lipinski definition) is 1. The average Bonchev–Trinajstić information content (AvgIpc) is 2.41.